The standard InChI is InChI=1S/C16H18O4S/c1-13-7-9-16(10-8-13)21(18,19)20-12-15(11-17)14-5-3-2-4-6-14/h2-10,15,17H,11-12H2,1H3. The summed E-state index contributed by atoms with van der Waals surface area (Å²) in [5, 5.41) is 9.41. The van der Waals surface area contributed by atoms with Gasteiger partial charge in [0.05, 0.1) is 18.1 Å². The van der Waals surface area contributed by atoms with Crippen LogP contribution in [-0.4, -0.2) is 26.7 Å². The van der Waals surface area contributed by atoms with Crippen molar-refractivity contribution in [3.8, 4) is 0 Å². The molecule has 5 heteroatoms. The summed E-state index contributed by atoms with van der Waals surface area (Å²) in [7, 11) is -3.80. The summed E-state index contributed by atoms with van der Waals surface area (Å²) in [6, 6.07) is 15.7. The van der Waals surface area contributed by atoms with Gasteiger partial charge in [-0.15, -0.1) is 0 Å². The summed E-state index contributed by atoms with van der Waals surface area (Å²) in [5.74, 6) is -0.369. The highest BCUT2D eigenvalue weighted by Crippen LogP contribution is 2.19. The predicted molar refractivity (Wildman–Crippen MR) is 80.6 cm³/mol. The van der Waals surface area contributed by atoms with Crippen molar-refractivity contribution in [1.29, 1.82) is 0 Å². The first-order valence-electron chi connectivity index (χ1n) is 6.65. The van der Waals surface area contributed by atoms with Crippen LogP contribution in [0.1, 0.15) is 17.0 Å². The molecule has 1 atom stereocenters. The third-order valence-corrected chi connectivity index (χ3v) is 4.52. The van der Waals surface area contributed by atoms with Crippen LogP contribution in [0.3, 0.4) is 0 Å². The molecule has 2 aromatic carbocycles. The van der Waals surface area contributed by atoms with Crippen molar-refractivity contribution in [3.05, 3.63) is 65.7 Å². The van der Waals surface area contributed by atoms with Gasteiger partial charge in [0.2, 0.25) is 0 Å². The van der Waals surface area contributed by atoms with Gasteiger partial charge < -0.3 is 5.11 Å². The lowest BCUT2D eigenvalue weighted by atomic mass is 10.0. The lowest BCUT2D eigenvalue weighted by Gasteiger charge is -2.14. The first kappa shape index (κ1) is 15.7. The summed E-state index contributed by atoms with van der Waals surface area (Å²) in [5.41, 5.74) is 1.82. The Morgan fingerprint density at radius 3 is 2.24 bits per heavy atom. The summed E-state index contributed by atoms with van der Waals surface area (Å²) in [4.78, 5) is 0.123. The Kier molecular flexibility index (Phi) is 5.12. The number of benzene rings is 2. The topological polar surface area (TPSA) is 63.6 Å². The summed E-state index contributed by atoms with van der Waals surface area (Å²) >= 11 is 0. The van der Waals surface area contributed by atoms with Crippen LogP contribution in [0, 0.1) is 6.92 Å². The third-order valence-electron chi connectivity index (χ3n) is 3.23. The molecule has 0 heterocycles. The number of aliphatic hydroxyl groups is 1. The molecule has 0 aliphatic carbocycles. The normalized spacial score (nSPS) is 13.0. The second-order valence-corrected chi connectivity index (χ2v) is 6.46. The van der Waals surface area contributed by atoms with Crippen molar-refractivity contribution in [2.24, 2.45) is 0 Å². The SMILES string of the molecule is Cc1ccc(S(=O)(=O)OCC(CO)c2ccccc2)cc1. The van der Waals surface area contributed by atoms with E-state index in [9.17, 15) is 13.5 Å². The third kappa shape index (κ3) is 4.14. The molecule has 0 saturated heterocycles. The number of aryl methyl sites for hydroxylation is 1. The highest BCUT2D eigenvalue weighted by atomic mass is 32.2. The van der Waals surface area contributed by atoms with E-state index in [-0.39, 0.29) is 24.0 Å². The van der Waals surface area contributed by atoms with Crippen molar-refractivity contribution in [3.63, 3.8) is 0 Å². The molecule has 0 bridgehead atoms. The summed E-state index contributed by atoms with van der Waals surface area (Å²) in [6.45, 7) is 1.62. The van der Waals surface area contributed by atoms with E-state index in [4.69, 9.17) is 4.18 Å². The zero-order chi connectivity index (χ0) is 15.3. The molecular weight excluding hydrogens is 288 g/mol. The van der Waals surface area contributed by atoms with Crippen molar-refractivity contribution in [2.75, 3.05) is 13.2 Å². The minimum Gasteiger partial charge on any atom is -0.396 e. The smallest absolute Gasteiger partial charge is 0.296 e. The Bertz CT molecular complexity index is 663. The maximum atomic E-state index is 12.1. The first-order chi connectivity index (χ1) is 10.0. The van der Waals surface area contributed by atoms with Crippen LogP contribution in [0.15, 0.2) is 59.5 Å². The van der Waals surface area contributed by atoms with Crippen LogP contribution >= 0.6 is 0 Å². The fourth-order valence-electron chi connectivity index (χ4n) is 1.92. The van der Waals surface area contributed by atoms with Gasteiger partial charge >= 0.3 is 0 Å². The Hall–Kier alpha value is -1.69. The molecule has 0 saturated carbocycles. The maximum Gasteiger partial charge on any atom is 0.296 e. The van der Waals surface area contributed by atoms with Gasteiger partial charge in [-0.2, -0.15) is 8.42 Å². The molecule has 112 valence electrons. The number of hydrogen-bond acceptors (Lipinski definition) is 4. The minimum absolute atomic E-state index is 0.0866. The molecule has 1 unspecified atom stereocenters. The van der Waals surface area contributed by atoms with E-state index in [0.717, 1.165) is 11.1 Å². The van der Waals surface area contributed by atoms with Gasteiger partial charge in [0.1, 0.15) is 0 Å². The van der Waals surface area contributed by atoms with Crippen LogP contribution in [0.25, 0.3) is 0 Å². The van der Waals surface area contributed by atoms with Crippen LogP contribution in [0.5, 0.6) is 0 Å². The molecule has 0 aliphatic heterocycles. The number of rotatable bonds is 6. The van der Waals surface area contributed by atoms with E-state index >= 15 is 0 Å². The van der Waals surface area contributed by atoms with Crippen molar-refractivity contribution in [1.82, 2.24) is 0 Å². The van der Waals surface area contributed by atoms with Gasteiger partial charge in [-0.3, -0.25) is 4.18 Å². The van der Waals surface area contributed by atoms with E-state index in [0.29, 0.717) is 0 Å². The fraction of sp³-hybridized carbons (Fsp3) is 0.250. The lowest BCUT2D eigenvalue weighted by Crippen LogP contribution is -2.16. The number of aliphatic hydroxyl groups excluding tert-OH is 1. The van der Waals surface area contributed by atoms with Gasteiger partial charge in [0, 0.05) is 5.92 Å². The monoisotopic (exact) mass is 306 g/mol. The second-order valence-electron chi connectivity index (χ2n) is 4.84. The summed E-state index contributed by atoms with van der Waals surface area (Å²) in [6.07, 6.45) is 0. The molecule has 0 aliphatic rings. The fourth-order valence-corrected chi connectivity index (χ4v) is 2.87. The Labute approximate surface area is 125 Å². The van der Waals surface area contributed by atoms with Crippen molar-refractivity contribution < 1.29 is 17.7 Å². The molecular formula is C16H18O4S. The largest absolute Gasteiger partial charge is 0.396 e. The van der Waals surface area contributed by atoms with E-state index in [1.165, 1.54) is 12.1 Å². The van der Waals surface area contributed by atoms with Gasteiger partial charge in [0.15, 0.2) is 0 Å². The molecule has 21 heavy (non-hydrogen) atoms. The average Bonchev–Trinajstić information content (AvgIpc) is 2.49. The van der Waals surface area contributed by atoms with Crippen LogP contribution < -0.4 is 0 Å². The molecule has 0 radical (unpaired) electrons. The molecule has 2 rings (SSSR count). The molecule has 0 amide bonds. The van der Waals surface area contributed by atoms with E-state index in [2.05, 4.69) is 0 Å². The first-order valence-corrected chi connectivity index (χ1v) is 8.05. The van der Waals surface area contributed by atoms with Crippen LogP contribution in [0.4, 0.5) is 0 Å². The molecule has 2 aromatic rings. The van der Waals surface area contributed by atoms with Crippen molar-refractivity contribution >= 4 is 10.1 Å². The zero-order valence-electron chi connectivity index (χ0n) is 11.8. The highest BCUT2D eigenvalue weighted by Gasteiger charge is 2.19. The van der Waals surface area contributed by atoms with E-state index < -0.39 is 10.1 Å². The molecule has 4 nitrogen and oxygen atoms in total. The van der Waals surface area contributed by atoms with Crippen LogP contribution in [0.2, 0.25) is 0 Å². The average molecular weight is 306 g/mol. The predicted octanol–water partition coefficient (Wildman–Crippen LogP) is 2.48. The lowest BCUT2D eigenvalue weighted by molar-refractivity contribution is 0.208. The van der Waals surface area contributed by atoms with Gasteiger partial charge in [-0.25, -0.2) is 0 Å². The summed E-state index contributed by atoms with van der Waals surface area (Å²) < 4.78 is 29.3. The minimum atomic E-state index is -3.80. The van der Waals surface area contributed by atoms with Crippen molar-refractivity contribution in [2.45, 2.75) is 17.7 Å². The van der Waals surface area contributed by atoms with Gasteiger partial charge in [-0.05, 0) is 24.6 Å². The Morgan fingerprint density at radius 2 is 1.67 bits per heavy atom. The second kappa shape index (κ2) is 6.85. The molecule has 0 fully saturated rings. The van der Waals surface area contributed by atoms with E-state index in [1.54, 1.807) is 12.1 Å². The molecule has 0 spiro atoms. The molecule has 1 N–H and O–H groups in total. The molecule has 0 aromatic heterocycles. The maximum absolute atomic E-state index is 12.1. The van der Waals surface area contributed by atoms with E-state index in [1.807, 2.05) is 37.3 Å². The van der Waals surface area contributed by atoms with Gasteiger partial charge in [-0.1, -0.05) is 48.0 Å². The number of hydrogen-bond donors (Lipinski definition) is 1. The van der Waals surface area contributed by atoms with Gasteiger partial charge in [0.25, 0.3) is 10.1 Å². The quantitative estimate of drug-likeness (QED) is 0.833. The Morgan fingerprint density at radius 1 is 1.05 bits per heavy atom. The van der Waals surface area contributed by atoms with Crippen LogP contribution in [-0.2, 0) is 14.3 Å². The Balaban J connectivity index is 2.08. The zero-order valence-corrected chi connectivity index (χ0v) is 12.6. The highest BCUT2D eigenvalue weighted by molar-refractivity contribution is 7.86.